The number of nitrogens with one attached hydrogen (secondary N) is 1. The highest BCUT2D eigenvalue weighted by Crippen LogP contribution is 2.30. The first-order valence-electron chi connectivity index (χ1n) is 9.29. The molecule has 1 aliphatic heterocycles. The summed E-state index contributed by atoms with van der Waals surface area (Å²) in [6.07, 6.45) is 1.68. The Bertz CT molecular complexity index is 609. The topological polar surface area (TPSA) is 95.9 Å². The molecular formula is C20H34N2O5. The summed E-state index contributed by atoms with van der Waals surface area (Å²) in [7, 11) is 0. The maximum absolute atomic E-state index is 13.2. The van der Waals surface area contributed by atoms with Gasteiger partial charge in [-0.3, -0.25) is 4.79 Å². The molecule has 0 aromatic heterocycles. The fraction of sp³-hybridized carbons (Fsp3) is 0.750. The van der Waals surface area contributed by atoms with E-state index in [1.165, 1.54) is 4.90 Å². The highest BCUT2D eigenvalue weighted by Gasteiger charge is 2.44. The number of alkyl carbamates (subject to hydrolysis) is 1. The lowest BCUT2D eigenvalue weighted by Gasteiger charge is -2.35. The van der Waals surface area contributed by atoms with Crippen molar-refractivity contribution < 1.29 is 24.2 Å². The number of carboxylic acid groups (broad SMARTS) is 1. The normalized spacial score (nSPS) is 21.4. The molecular weight excluding hydrogens is 348 g/mol. The summed E-state index contributed by atoms with van der Waals surface area (Å²) in [6, 6.07) is -1.79. The van der Waals surface area contributed by atoms with Gasteiger partial charge in [0.05, 0.1) is 0 Å². The number of nitrogens with zero attached hydrogens (tertiary/aromatic N) is 1. The van der Waals surface area contributed by atoms with E-state index in [1.54, 1.807) is 20.8 Å². The molecule has 1 saturated heterocycles. The number of hydrogen-bond acceptors (Lipinski definition) is 4. The molecule has 0 aromatic carbocycles. The monoisotopic (exact) mass is 382 g/mol. The summed E-state index contributed by atoms with van der Waals surface area (Å²) in [5.41, 5.74) is -0.217. The van der Waals surface area contributed by atoms with Crippen LogP contribution in [0.2, 0.25) is 0 Å². The number of allylic oxidation sites excluding steroid dienone is 1. The fourth-order valence-electron chi connectivity index (χ4n) is 3.18. The van der Waals surface area contributed by atoms with Gasteiger partial charge in [-0.15, -0.1) is 0 Å². The van der Waals surface area contributed by atoms with E-state index in [4.69, 9.17) is 4.74 Å². The standard InChI is InChI=1S/C20H34N2O5/c1-12(2)9-13-10-14(17(24)25)22(11-13)16(23)15(19(3,4)5)21-18(26)27-20(6,7)8/h9,13-15H,10-11H2,1-8H3,(H,21,26)(H,24,25)/t13-,14+,15-/m1/s1. The molecule has 2 N–H and O–H groups in total. The van der Waals surface area contributed by atoms with Crippen molar-refractivity contribution in [1.82, 2.24) is 10.2 Å². The first-order chi connectivity index (χ1) is 12.1. The summed E-state index contributed by atoms with van der Waals surface area (Å²) in [4.78, 5) is 38.5. The van der Waals surface area contributed by atoms with E-state index in [0.29, 0.717) is 13.0 Å². The van der Waals surface area contributed by atoms with Crippen molar-refractivity contribution in [2.24, 2.45) is 11.3 Å². The van der Waals surface area contributed by atoms with Crippen LogP contribution in [0.1, 0.15) is 61.8 Å². The van der Waals surface area contributed by atoms with E-state index in [1.807, 2.05) is 40.7 Å². The number of aliphatic carboxylic acids is 1. The summed E-state index contributed by atoms with van der Waals surface area (Å²) < 4.78 is 5.28. The van der Waals surface area contributed by atoms with Gasteiger partial charge < -0.3 is 20.1 Å². The highest BCUT2D eigenvalue weighted by molar-refractivity contribution is 5.90. The summed E-state index contributed by atoms with van der Waals surface area (Å²) in [5.74, 6) is -1.44. The smallest absolute Gasteiger partial charge is 0.408 e. The summed E-state index contributed by atoms with van der Waals surface area (Å²) in [6.45, 7) is 14.9. The van der Waals surface area contributed by atoms with Crippen LogP contribution >= 0.6 is 0 Å². The van der Waals surface area contributed by atoms with Crippen LogP contribution in [0.15, 0.2) is 11.6 Å². The van der Waals surface area contributed by atoms with Crippen molar-refractivity contribution in [2.75, 3.05) is 6.54 Å². The maximum atomic E-state index is 13.2. The molecule has 0 aromatic rings. The first-order valence-corrected chi connectivity index (χ1v) is 9.29. The molecule has 0 spiro atoms. The summed E-state index contributed by atoms with van der Waals surface area (Å²) >= 11 is 0. The van der Waals surface area contributed by atoms with E-state index in [-0.39, 0.29) is 5.92 Å². The summed E-state index contributed by atoms with van der Waals surface area (Å²) in [5, 5.41) is 12.2. The van der Waals surface area contributed by atoms with Crippen molar-refractivity contribution in [3.8, 4) is 0 Å². The Labute approximate surface area is 162 Å². The van der Waals surface area contributed by atoms with Gasteiger partial charge in [-0.1, -0.05) is 32.4 Å². The van der Waals surface area contributed by atoms with Crippen LogP contribution in [0, 0.1) is 11.3 Å². The molecule has 3 atom stereocenters. The molecule has 0 bridgehead atoms. The number of hydrogen-bond donors (Lipinski definition) is 2. The number of rotatable bonds is 4. The van der Waals surface area contributed by atoms with Crippen molar-refractivity contribution in [2.45, 2.75) is 79.5 Å². The zero-order valence-corrected chi connectivity index (χ0v) is 17.8. The number of carboxylic acids is 1. The third-order valence-corrected chi connectivity index (χ3v) is 4.24. The Morgan fingerprint density at radius 2 is 1.70 bits per heavy atom. The zero-order chi connectivity index (χ0) is 21.2. The average molecular weight is 383 g/mol. The van der Waals surface area contributed by atoms with Gasteiger partial charge >= 0.3 is 12.1 Å². The molecule has 7 nitrogen and oxygen atoms in total. The number of ether oxygens (including phenoxy) is 1. The average Bonchev–Trinajstić information content (AvgIpc) is 2.84. The number of carbonyl (C=O) groups excluding carboxylic acids is 2. The van der Waals surface area contributed by atoms with Crippen LogP contribution in [0.25, 0.3) is 0 Å². The van der Waals surface area contributed by atoms with E-state index in [2.05, 4.69) is 5.32 Å². The van der Waals surface area contributed by atoms with Gasteiger partial charge in [0.25, 0.3) is 0 Å². The molecule has 1 fully saturated rings. The molecule has 1 rings (SSSR count). The van der Waals surface area contributed by atoms with Crippen LogP contribution in [0.4, 0.5) is 4.79 Å². The van der Waals surface area contributed by atoms with Crippen LogP contribution in [-0.2, 0) is 14.3 Å². The lowest BCUT2D eigenvalue weighted by atomic mass is 9.85. The van der Waals surface area contributed by atoms with Gasteiger partial charge in [-0.25, -0.2) is 9.59 Å². The van der Waals surface area contributed by atoms with Crippen LogP contribution in [0.3, 0.4) is 0 Å². The van der Waals surface area contributed by atoms with Gasteiger partial charge in [-0.2, -0.15) is 0 Å². The van der Waals surface area contributed by atoms with Gasteiger partial charge in [0.15, 0.2) is 0 Å². The van der Waals surface area contributed by atoms with Crippen LogP contribution in [-0.4, -0.2) is 52.2 Å². The SMILES string of the molecule is CC(C)=C[C@@H]1C[C@@H](C(=O)O)N(C(=O)[C@@H](NC(=O)OC(C)(C)C)C(C)(C)C)C1. The van der Waals surface area contributed by atoms with Gasteiger partial charge in [0.1, 0.15) is 17.7 Å². The largest absolute Gasteiger partial charge is 0.480 e. The fourth-order valence-corrected chi connectivity index (χ4v) is 3.18. The molecule has 2 amide bonds. The second-order valence-electron chi connectivity index (χ2n) is 9.53. The second-order valence-corrected chi connectivity index (χ2v) is 9.53. The third-order valence-electron chi connectivity index (χ3n) is 4.24. The Morgan fingerprint density at radius 3 is 2.11 bits per heavy atom. The highest BCUT2D eigenvalue weighted by atomic mass is 16.6. The molecule has 7 heteroatoms. The van der Waals surface area contributed by atoms with E-state index in [9.17, 15) is 19.5 Å². The Balaban J connectivity index is 3.08. The lowest BCUT2D eigenvalue weighted by molar-refractivity contribution is -0.150. The van der Waals surface area contributed by atoms with E-state index >= 15 is 0 Å². The van der Waals surface area contributed by atoms with Crippen molar-refractivity contribution in [1.29, 1.82) is 0 Å². The molecule has 0 saturated carbocycles. The molecule has 0 aliphatic carbocycles. The van der Waals surface area contributed by atoms with Gasteiger partial charge in [0, 0.05) is 6.54 Å². The quantitative estimate of drug-likeness (QED) is 0.728. The van der Waals surface area contributed by atoms with Gasteiger partial charge in [-0.05, 0) is 52.4 Å². The van der Waals surface area contributed by atoms with E-state index in [0.717, 1.165) is 5.57 Å². The number of likely N-dealkylation sites (tertiary alicyclic amines) is 1. The predicted octanol–water partition coefficient (Wildman–Crippen LogP) is 3.19. The maximum Gasteiger partial charge on any atom is 0.408 e. The van der Waals surface area contributed by atoms with Crippen molar-refractivity contribution >= 4 is 18.0 Å². The lowest BCUT2D eigenvalue weighted by Crippen LogP contribution is -2.57. The molecule has 1 heterocycles. The zero-order valence-electron chi connectivity index (χ0n) is 17.8. The Morgan fingerprint density at radius 1 is 1.15 bits per heavy atom. The Kier molecular flexibility index (Phi) is 7.08. The molecule has 1 aliphatic rings. The van der Waals surface area contributed by atoms with Crippen molar-refractivity contribution in [3.05, 3.63) is 11.6 Å². The first kappa shape index (κ1) is 23.0. The number of amides is 2. The second kappa shape index (κ2) is 8.31. The Hall–Kier alpha value is -2.05. The van der Waals surface area contributed by atoms with Crippen LogP contribution in [0.5, 0.6) is 0 Å². The molecule has 0 unspecified atom stereocenters. The minimum Gasteiger partial charge on any atom is -0.480 e. The van der Waals surface area contributed by atoms with Gasteiger partial charge in [0.2, 0.25) is 5.91 Å². The number of carbonyl (C=O) groups is 3. The molecule has 27 heavy (non-hydrogen) atoms. The van der Waals surface area contributed by atoms with Crippen LogP contribution < -0.4 is 5.32 Å². The predicted molar refractivity (Wildman–Crippen MR) is 103 cm³/mol. The van der Waals surface area contributed by atoms with Crippen molar-refractivity contribution in [3.63, 3.8) is 0 Å². The minimum atomic E-state index is -1.03. The molecule has 154 valence electrons. The third kappa shape index (κ3) is 6.88. The van der Waals surface area contributed by atoms with E-state index < -0.39 is 41.1 Å². The molecule has 0 radical (unpaired) electrons. The minimum absolute atomic E-state index is 0.0119.